The minimum atomic E-state index is 0.140. The zero-order valence-corrected chi connectivity index (χ0v) is 13.1. The Balaban J connectivity index is 2.21. The summed E-state index contributed by atoms with van der Waals surface area (Å²) in [6.07, 6.45) is 2.06. The highest BCUT2D eigenvalue weighted by molar-refractivity contribution is 5.82. The maximum Gasteiger partial charge on any atom is 0.0610 e. The van der Waals surface area contributed by atoms with E-state index in [4.69, 9.17) is 0 Å². The maximum atomic E-state index is 9.36. The molecule has 0 bridgehead atoms. The van der Waals surface area contributed by atoms with Gasteiger partial charge in [-0.2, -0.15) is 0 Å². The van der Waals surface area contributed by atoms with Gasteiger partial charge in [0.1, 0.15) is 0 Å². The van der Waals surface area contributed by atoms with Gasteiger partial charge >= 0.3 is 0 Å². The lowest BCUT2D eigenvalue weighted by Gasteiger charge is -2.13. The number of rotatable bonds is 4. The highest BCUT2D eigenvalue weighted by Crippen LogP contribution is 2.34. The van der Waals surface area contributed by atoms with Crippen LogP contribution in [0.25, 0.3) is 22.4 Å². The summed E-state index contributed by atoms with van der Waals surface area (Å²) >= 11 is 0. The standard InChI is InChI=1S/C20H21NO/c1-15-12-16(2)14-18(13-15)20-19(8-9-21(20)10-11-22)17-6-4-3-5-7-17/h3-9,12-14,22H,10-11H2,1-2H3. The average molecular weight is 291 g/mol. The fourth-order valence-electron chi connectivity index (χ4n) is 3.05. The van der Waals surface area contributed by atoms with Crippen molar-refractivity contribution in [2.24, 2.45) is 0 Å². The van der Waals surface area contributed by atoms with Gasteiger partial charge in [0.2, 0.25) is 0 Å². The molecule has 1 N–H and O–H groups in total. The van der Waals surface area contributed by atoms with E-state index in [9.17, 15) is 5.11 Å². The Morgan fingerprint density at radius 2 is 1.55 bits per heavy atom. The summed E-state index contributed by atoms with van der Waals surface area (Å²) in [6.45, 7) is 4.99. The molecule has 22 heavy (non-hydrogen) atoms. The van der Waals surface area contributed by atoms with Crippen LogP contribution in [0.15, 0.2) is 60.8 Å². The Hall–Kier alpha value is -2.32. The van der Waals surface area contributed by atoms with Gasteiger partial charge in [0.05, 0.1) is 12.3 Å². The van der Waals surface area contributed by atoms with Crippen LogP contribution < -0.4 is 0 Å². The van der Waals surface area contributed by atoms with E-state index in [2.05, 4.69) is 73.1 Å². The number of hydrogen-bond acceptors (Lipinski definition) is 1. The molecule has 0 saturated heterocycles. The Bertz CT molecular complexity index is 751. The van der Waals surface area contributed by atoms with E-state index in [-0.39, 0.29) is 6.61 Å². The van der Waals surface area contributed by atoms with Crippen molar-refractivity contribution in [3.63, 3.8) is 0 Å². The normalized spacial score (nSPS) is 10.9. The lowest BCUT2D eigenvalue weighted by Crippen LogP contribution is -2.03. The monoisotopic (exact) mass is 291 g/mol. The fraction of sp³-hybridized carbons (Fsp3) is 0.200. The molecule has 3 rings (SSSR count). The van der Waals surface area contributed by atoms with Gasteiger partial charge in [-0.3, -0.25) is 0 Å². The second-order valence-electron chi connectivity index (χ2n) is 5.74. The highest BCUT2D eigenvalue weighted by Gasteiger charge is 2.13. The first-order chi connectivity index (χ1) is 10.7. The third kappa shape index (κ3) is 2.83. The largest absolute Gasteiger partial charge is 0.395 e. The molecule has 2 nitrogen and oxygen atoms in total. The van der Waals surface area contributed by atoms with Gasteiger partial charge in [-0.05, 0) is 43.2 Å². The second-order valence-corrected chi connectivity index (χ2v) is 5.74. The molecule has 0 atom stereocenters. The molecule has 0 spiro atoms. The number of nitrogens with zero attached hydrogens (tertiary/aromatic N) is 1. The van der Waals surface area contributed by atoms with E-state index < -0.39 is 0 Å². The van der Waals surface area contributed by atoms with Gasteiger partial charge in [0, 0.05) is 18.3 Å². The van der Waals surface area contributed by atoms with Crippen molar-refractivity contribution in [3.05, 3.63) is 71.9 Å². The predicted molar refractivity (Wildman–Crippen MR) is 91.9 cm³/mol. The molecule has 0 aliphatic heterocycles. The Kier molecular flexibility index (Phi) is 4.12. The lowest BCUT2D eigenvalue weighted by molar-refractivity contribution is 0.277. The molecule has 3 aromatic rings. The van der Waals surface area contributed by atoms with E-state index in [1.807, 2.05) is 6.07 Å². The minimum Gasteiger partial charge on any atom is -0.395 e. The molecule has 1 aromatic heterocycles. The van der Waals surface area contributed by atoms with E-state index in [0.717, 1.165) is 0 Å². The highest BCUT2D eigenvalue weighted by atomic mass is 16.3. The molecule has 112 valence electrons. The summed E-state index contributed by atoms with van der Waals surface area (Å²) < 4.78 is 2.14. The van der Waals surface area contributed by atoms with Gasteiger partial charge in [-0.25, -0.2) is 0 Å². The number of benzene rings is 2. The molecule has 0 fully saturated rings. The predicted octanol–water partition coefficient (Wildman–Crippen LogP) is 4.43. The van der Waals surface area contributed by atoms with Gasteiger partial charge in [0.25, 0.3) is 0 Å². The third-order valence-electron chi connectivity index (χ3n) is 3.88. The quantitative estimate of drug-likeness (QED) is 0.755. The third-order valence-corrected chi connectivity index (χ3v) is 3.88. The van der Waals surface area contributed by atoms with Gasteiger partial charge in [-0.15, -0.1) is 0 Å². The van der Waals surface area contributed by atoms with Gasteiger partial charge in [0.15, 0.2) is 0 Å². The van der Waals surface area contributed by atoms with E-state index in [1.54, 1.807) is 0 Å². The van der Waals surface area contributed by atoms with Gasteiger partial charge < -0.3 is 9.67 Å². The molecule has 0 aliphatic rings. The number of aliphatic hydroxyl groups is 1. The first kappa shape index (κ1) is 14.6. The second kappa shape index (κ2) is 6.20. The number of aryl methyl sites for hydroxylation is 2. The molecule has 0 radical (unpaired) electrons. The molecule has 2 heteroatoms. The van der Waals surface area contributed by atoms with Crippen LogP contribution in [0, 0.1) is 13.8 Å². The Labute approximate surface area is 131 Å². The van der Waals surface area contributed by atoms with E-state index in [1.165, 1.54) is 33.5 Å². The van der Waals surface area contributed by atoms with Crippen LogP contribution in [0.4, 0.5) is 0 Å². The number of aliphatic hydroxyl groups excluding tert-OH is 1. The minimum absolute atomic E-state index is 0.140. The maximum absolute atomic E-state index is 9.36. The van der Waals surface area contributed by atoms with E-state index >= 15 is 0 Å². The zero-order chi connectivity index (χ0) is 15.5. The van der Waals surface area contributed by atoms with Crippen LogP contribution in [-0.2, 0) is 6.54 Å². The molecular formula is C20H21NO. The van der Waals surface area contributed by atoms with Crippen LogP contribution in [0.1, 0.15) is 11.1 Å². The van der Waals surface area contributed by atoms with Crippen molar-refractivity contribution in [1.82, 2.24) is 4.57 Å². The summed E-state index contributed by atoms with van der Waals surface area (Å²) in [5, 5.41) is 9.36. The van der Waals surface area contributed by atoms with Crippen LogP contribution in [0.2, 0.25) is 0 Å². The summed E-state index contributed by atoms with van der Waals surface area (Å²) in [7, 11) is 0. The van der Waals surface area contributed by atoms with Crippen molar-refractivity contribution < 1.29 is 5.11 Å². The van der Waals surface area contributed by atoms with Crippen LogP contribution in [0.3, 0.4) is 0 Å². The molecule has 0 saturated carbocycles. The van der Waals surface area contributed by atoms with Crippen molar-refractivity contribution >= 4 is 0 Å². The molecule has 1 heterocycles. The summed E-state index contributed by atoms with van der Waals surface area (Å²) in [5.41, 5.74) is 7.30. The Morgan fingerprint density at radius 1 is 0.864 bits per heavy atom. The summed E-state index contributed by atoms with van der Waals surface area (Å²) in [5.74, 6) is 0. The topological polar surface area (TPSA) is 25.2 Å². The van der Waals surface area contributed by atoms with Crippen LogP contribution >= 0.6 is 0 Å². The lowest BCUT2D eigenvalue weighted by atomic mass is 9.98. The SMILES string of the molecule is Cc1cc(C)cc(-c2c(-c3ccccc3)ccn2CCO)c1. The van der Waals surface area contributed by atoms with E-state index in [0.29, 0.717) is 6.54 Å². The number of hydrogen-bond donors (Lipinski definition) is 1. The summed E-state index contributed by atoms with van der Waals surface area (Å²) in [6, 6.07) is 19.2. The van der Waals surface area contributed by atoms with Crippen molar-refractivity contribution in [2.45, 2.75) is 20.4 Å². The van der Waals surface area contributed by atoms with Crippen molar-refractivity contribution in [2.75, 3.05) is 6.61 Å². The molecule has 0 amide bonds. The first-order valence-corrected chi connectivity index (χ1v) is 7.63. The fourth-order valence-corrected chi connectivity index (χ4v) is 3.05. The average Bonchev–Trinajstić information content (AvgIpc) is 2.91. The van der Waals surface area contributed by atoms with Gasteiger partial charge in [-0.1, -0.05) is 47.5 Å². The van der Waals surface area contributed by atoms with Crippen molar-refractivity contribution in [3.8, 4) is 22.4 Å². The van der Waals surface area contributed by atoms with Crippen LogP contribution in [0.5, 0.6) is 0 Å². The first-order valence-electron chi connectivity index (χ1n) is 7.63. The van der Waals surface area contributed by atoms with Crippen molar-refractivity contribution in [1.29, 1.82) is 0 Å². The number of aromatic nitrogens is 1. The molecule has 2 aromatic carbocycles. The molecule has 0 aliphatic carbocycles. The Morgan fingerprint density at radius 3 is 2.18 bits per heavy atom. The molecular weight excluding hydrogens is 270 g/mol. The zero-order valence-electron chi connectivity index (χ0n) is 13.1. The summed E-state index contributed by atoms with van der Waals surface area (Å²) in [4.78, 5) is 0. The smallest absolute Gasteiger partial charge is 0.0610 e. The molecule has 0 unspecified atom stereocenters. The van der Waals surface area contributed by atoms with Crippen LogP contribution in [-0.4, -0.2) is 16.3 Å².